The first-order valence-electron chi connectivity index (χ1n) is 8.15. The van der Waals surface area contributed by atoms with E-state index in [-0.39, 0.29) is 16.9 Å². The van der Waals surface area contributed by atoms with Gasteiger partial charge in [0, 0.05) is 5.69 Å². The highest BCUT2D eigenvalue weighted by molar-refractivity contribution is 6.03. The Bertz CT molecular complexity index is 1010. The number of amides is 1. The minimum atomic E-state index is -4.49. The van der Waals surface area contributed by atoms with Crippen LogP contribution < -0.4 is 5.32 Å². The number of carbonyl (C=O) groups excluding carboxylic acids is 1. The monoisotopic (exact) mass is 374 g/mol. The van der Waals surface area contributed by atoms with Crippen molar-refractivity contribution in [1.29, 1.82) is 0 Å². The first-order valence-corrected chi connectivity index (χ1v) is 8.15. The molecule has 0 aliphatic heterocycles. The molecule has 140 valence electrons. The van der Waals surface area contributed by atoms with Gasteiger partial charge in [0.05, 0.1) is 16.9 Å². The van der Waals surface area contributed by atoms with Crippen LogP contribution in [0.15, 0.2) is 42.5 Å². The maximum Gasteiger partial charge on any atom is 0.416 e. The molecule has 1 N–H and O–H groups in total. The number of nitrogens with one attached hydrogen (secondary N) is 1. The predicted octanol–water partition coefficient (Wildman–Crippen LogP) is 4.46. The van der Waals surface area contributed by atoms with E-state index in [1.807, 2.05) is 31.2 Å². The van der Waals surface area contributed by atoms with Crippen LogP contribution in [0.5, 0.6) is 0 Å². The fourth-order valence-corrected chi connectivity index (χ4v) is 2.74. The molecular weight excluding hydrogens is 357 g/mol. The van der Waals surface area contributed by atoms with Gasteiger partial charge in [0.1, 0.15) is 0 Å². The molecule has 0 fully saturated rings. The van der Waals surface area contributed by atoms with E-state index in [9.17, 15) is 18.0 Å². The van der Waals surface area contributed by atoms with Crippen molar-refractivity contribution in [3.63, 3.8) is 0 Å². The van der Waals surface area contributed by atoms with Crippen LogP contribution in [-0.2, 0) is 6.18 Å². The molecule has 1 heterocycles. The second-order valence-electron chi connectivity index (χ2n) is 6.26. The lowest BCUT2D eigenvalue weighted by atomic mass is 10.1. The van der Waals surface area contributed by atoms with Crippen molar-refractivity contribution in [1.82, 2.24) is 15.0 Å². The molecule has 3 aromatic rings. The van der Waals surface area contributed by atoms with Gasteiger partial charge in [-0.2, -0.15) is 13.2 Å². The van der Waals surface area contributed by atoms with Crippen molar-refractivity contribution >= 4 is 11.6 Å². The van der Waals surface area contributed by atoms with Gasteiger partial charge in [0.15, 0.2) is 5.69 Å². The smallest absolute Gasteiger partial charge is 0.321 e. The number of aryl methyl sites for hydroxylation is 2. The largest absolute Gasteiger partial charge is 0.416 e. The van der Waals surface area contributed by atoms with Gasteiger partial charge < -0.3 is 5.32 Å². The van der Waals surface area contributed by atoms with Crippen LogP contribution in [0.2, 0.25) is 0 Å². The molecular formula is C19H17F3N4O. The molecule has 0 unspecified atom stereocenters. The van der Waals surface area contributed by atoms with Gasteiger partial charge in [0.2, 0.25) is 0 Å². The molecule has 2 aromatic carbocycles. The van der Waals surface area contributed by atoms with Gasteiger partial charge in [-0.25, -0.2) is 4.68 Å². The molecule has 1 aromatic heterocycles. The molecule has 1 amide bonds. The van der Waals surface area contributed by atoms with Crippen molar-refractivity contribution in [2.45, 2.75) is 26.9 Å². The van der Waals surface area contributed by atoms with E-state index in [1.54, 1.807) is 6.92 Å². The summed E-state index contributed by atoms with van der Waals surface area (Å²) in [7, 11) is 0. The molecule has 8 heteroatoms. The van der Waals surface area contributed by atoms with E-state index in [2.05, 4.69) is 15.6 Å². The van der Waals surface area contributed by atoms with Gasteiger partial charge in [-0.15, -0.1) is 5.10 Å². The zero-order valence-corrected chi connectivity index (χ0v) is 14.9. The van der Waals surface area contributed by atoms with E-state index in [0.717, 1.165) is 17.3 Å². The third kappa shape index (κ3) is 3.84. The fraction of sp³-hybridized carbons (Fsp3) is 0.211. The summed E-state index contributed by atoms with van der Waals surface area (Å²) in [6.07, 6.45) is -4.49. The average Bonchev–Trinajstić information content (AvgIpc) is 2.97. The van der Waals surface area contributed by atoms with Gasteiger partial charge in [-0.1, -0.05) is 23.4 Å². The Balaban J connectivity index is 1.88. The minimum Gasteiger partial charge on any atom is -0.321 e. The summed E-state index contributed by atoms with van der Waals surface area (Å²) in [6, 6.07) is 11.1. The Morgan fingerprint density at radius 2 is 1.81 bits per heavy atom. The van der Waals surface area contributed by atoms with Crippen molar-refractivity contribution < 1.29 is 18.0 Å². The number of anilines is 1. The van der Waals surface area contributed by atoms with Crippen molar-refractivity contribution in [3.05, 3.63) is 70.5 Å². The zero-order valence-electron chi connectivity index (χ0n) is 14.9. The van der Waals surface area contributed by atoms with Gasteiger partial charge >= 0.3 is 6.18 Å². The highest BCUT2D eigenvalue weighted by Gasteiger charge is 2.32. The molecule has 0 radical (unpaired) electrons. The normalized spacial score (nSPS) is 11.5. The lowest BCUT2D eigenvalue weighted by molar-refractivity contribution is -0.138. The molecule has 0 aliphatic rings. The standard InChI is InChI=1S/C19H17F3N4O/c1-11-5-4-6-15(9-11)26-13(3)17(24-25-26)18(27)23-14-8-7-12(2)16(10-14)19(20,21)22/h4-10H,1-3H3,(H,23,27). The van der Waals surface area contributed by atoms with Crippen LogP contribution in [-0.4, -0.2) is 20.9 Å². The first kappa shape index (κ1) is 18.6. The van der Waals surface area contributed by atoms with Gasteiger partial charge in [-0.05, 0) is 56.2 Å². The molecule has 0 bridgehead atoms. The maximum absolute atomic E-state index is 13.0. The Labute approximate surface area is 153 Å². The Morgan fingerprint density at radius 1 is 1.07 bits per heavy atom. The predicted molar refractivity (Wildman–Crippen MR) is 95.0 cm³/mol. The number of alkyl halides is 3. The number of hydrogen-bond acceptors (Lipinski definition) is 3. The Kier molecular flexibility index (Phi) is 4.73. The second-order valence-corrected chi connectivity index (χ2v) is 6.26. The van der Waals surface area contributed by atoms with Crippen LogP contribution in [0, 0.1) is 20.8 Å². The number of rotatable bonds is 3. The summed E-state index contributed by atoms with van der Waals surface area (Å²) in [5.74, 6) is -0.622. The fourth-order valence-electron chi connectivity index (χ4n) is 2.74. The van der Waals surface area contributed by atoms with Gasteiger partial charge in [-0.3, -0.25) is 4.79 Å². The Morgan fingerprint density at radius 3 is 2.48 bits per heavy atom. The number of halogens is 3. The molecule has 0 saturated carbocycles. The number of carbonyl (C=O) groups is 1. The highest BCUT2D eigenvalue weighted by Crippen LogP contribution is 2.33. The van der Waals surface area contributed by atoms with E-state index in [0.29, 0.717) is 5.69 Å². The molecule has 0 saturated heterocycles. The molecule has 0 spiro atoms. The van der Waals surface area contributed by atoms with Crippen molar-refractivity contribution in [2.75, 3.05) is 5.32 Å². The quantitative estimate of drug-likeness (QED) is 0.736. The minimum absolute atomic E-state index is 0.0439. The van der Waals surface area contributed by atoms with Crippen molar-refractivity contribution in [2.24, 2.45) is 0 Å². The number of aromatic nitrogens is 3. The lowest BCUT2D eigenvalue weighted by Gasteiger charge is -2.12. The Hall–Kier alpha value is -3.16. The topological polar surface area (TPSA) is 59.8 Å². The molecule has 0 aliphatic carbocycles. The lowest BCUT2D eigenvalue weighted by Crippen LogP contribution is -2.15. The van der Waals surface area contributed by atoms with E-state index in [4.69, 9.17) is 0 Å². The third-order valence-electron chi connectivity index (χ3n) is 4.16. The average molecular weight is 374 g/mol. The summed E-state index contributed by atoms with van der Waals surface area (Å²) in [6.45, 7) is 4.97. The summed E-state index contributed by atoms with van der Waals surface area (Å²) in [5, 5.41) is 10.3. The summed E-state index contributed by atoms with van der Waals surface area (Å²) < 4.78 is 40.6. The number of benzene rings is 2. The molecule has 0 atom stereocenters. The summed E-state index contributed by atoms with van der Waals surface area (Å²) >= 11 is 0. The maximum atomic E-state index is 13.0. The third-order valence-corrected chi connectivity index (χ3v) is 4.16. The first-order chi connectivity index (χ1) is 12.7. The summed E-state index contributed by atoms with van der Waals surface area (Å²) in [4.78, 5) is 12.5. The van der Waals surface area contributed by atoms with E-state index < -0.39 is 17.6 Å². The molecule has 27 heavy (non-hydrogen) atoms. The zero-order chi connectivity index (χ0) is 19.8. The SMILES string of the molecule is Cc1cccc(-n2nnc(C(=O)Nc3ccc(C)c(C(F)(F)F)c3)c2C)c1. The highest BCUT2D eigenvalue weighted by atomic mass is 19.4. The van der Waals surface area contributed by atoms with E-state index >= 15 is 0 Å². The van der Waals surface area contributed by atoms with Crippen LogP contribution in [0.25, 0.3) is 5.69 Å². The van der Waals surface area contributed by atoms with E-state index in [1.165, 1.54) is 23.7 Å². The molecule has 3 rings (SSSR count). The van der Waals surface area contributed by atoms with Crippen LogP contribution >= 0.6 is 0 Å². The van der Waals surface area contributed by atoms with Gasteiger partial charge in [0.25, 0.3) is 5.91 Å². The number of hydrogen-bond donors (Lipinski definition) is 1. The van der Waals surface area contributed by atoms with Crippen LogP contribution in [0.1, 0.15) is 32.9 Å². The van der Waals surface area contributed by atoms with Crippen molar-refractivity contribution in [3.8, 4) is 5.69 Å². The van der Waals surface area contributed by atoms with Crippen LogP contribution in [0.4, 0.5) is 18.9 Å². The number of nitrogens with zero attached hydrogens (tertiary/aromatic N) is 3. The van der Waals surface area contributed by atoms with Crippen LogP contribution in [0.3, 0.4) is 0 Å². The second kappa shape index (κ2) is 6.86. The summed E-state index contributed by atoms with van der Waals surface area (Å²) in [5.41, 5.74) is 1.64. The molecule has 5 nitrogen and oxygen atoms in total.